The van der Waals surface area contributed by atoms with Gasteiger partial charge in [-0.05, 0) is 0 Å². The van der Waals surface area contributed by atoms with E-state index in [9.17, 15) is 0 Å². The molecule has 0 heterocycles. The Kier molecular flexibility index (Phi) is 9.91. The van der Waals surface area contributed by atoms with E-state index >= 15 is 0 Å². The van der Waals surface area contributed by atoms with Crippen LogP contribution in [0.5, 0.6) is 0 Å². The molecule has 2 aliphatic rings. The van der Waals surface area contributed by atoms with Gasteiger partial charge in [0.25, 0.3) is 0 Å². The fourth-order valence-corrected chi connectivity index (χ4v) is 11.9. The van der Waals surface area contributed by atoms with Crippen LogP contribution in [0.1, 0.15) is 83.6 Å². The average Bonchev–Trinajstić information content (AvgIpc) is 3.59. The van der Waals surface area contributed by atoms with Gasteiger partial charge >= 0.3 is 235 Å². The van der Waals surface area contributed by atoms with Crippen LogP contribution in [0.4, 0.5) is 0 Å². The predicted molar refractivity (Wildman–Crippen MR) is 160 cm³/mol. The second-order valence-electron chi connectivity index (χ2n) is 11.3. The van der Waals surface area contributed by atoms with Gasteiger partial charge in [0.05, 0.1) is 0 Å². The SMILES string of the molecule is CC(C)c1ccc2c(c1)-c1cc(C(C)C)ccc1[CH]2[Ti+2]([C]1=CC=CC1)=[C](c1ccccc1)c1ccccc1.[Cl-].[Cl-]. The Balaban J connectivity index is 0.00000185. The molecule has 0 atom stereocenters. The topological polar surface area (TPSA) is 0 Å². The predicted octanol–water partition coefficient (Wildman–Crippen LogP) is 3.74. The molecule has 0 N–H and O–H groups in total. The third-order valence-corrected chi connectivity index (χ3v) is 13.5. The van der Waals surface area contributed by atoms with Gasteiger partial charge in [-0.25, -0.2) is 0 Å². The minimum absolute atomic E-state index is 0. The summed E-state index contributed by atoms with van der Waals surface area (Å²) in [5.41, 5.74) is 11.7. The summed E-state index contributed by atoms with van der Waals surface area (Å²) in [5.74, 6) is 1.04. The summed E-state index contributed by atoms with van der Waals surface area (Å²) in [4.78, 5) is 0. The Hall–Kier alpha value is -2.48. The number of fused-ring (bicyclic) bond motifs is 3. The molecular weight excluding hydrogens is 563 g/mol. The minimum atomic E-state index is -2.14. The summed E-state index contributed by atoms with van der Waals surface area (Å²) in [6.45, 7) is 9.24. The van der Waals surface area contributed by atoms with Crippen LogP contribution < -0.4 is 24.8 Å². The molecule has 0 nitrogen and oxygen atoms in total. The van der Waals surface area contributed by atoms with Crippen molar-refractivity contribution in [2.75, 3.05) is 0 Å². The maximum absolute atomic E-state index is 2.50. The molecule has 0 spiro atoms. The van der Waals surface area contributed by atoms with Crippen molar-refractivity contribution in [3.05, 3.63) is 153 Å². The van der Waals surface area contributed by atoms with Crippen molar-refractivity contribution in [2.45, 2.75) is 50.2 Å². The van der Waals surface area contributed by atoms with Gasteiger partial charge in [-0.3, -0.25) is 0 Å². The number of allylic oxidation sites excluding steroid dienone is 4. The summed E-state index contributed by atoms with van der Waals surface area (Å²) in [6.07, 6.45) is 8.17. The van der Waals surface area contributed by atoms with E-state index in [4.69, 9.17) is 0 Å². The van der Waals surface area contributed by atoms with Crippen LogP contribution in [0.2, 0.25) is 0 Å². The first-order chi connectivity index (χ1) is 18.5. The van der Waals surface area contributed by atoms with E-state index in [1.807, 2.05) is 0 Å². The Morgan fingerprint density at radius 2 is 1.12 bits per heavy atom. The van der Waals surface area contributed by atoms with Gasteiger partial charge in [0.2, 0.25) is 0 Å². The third kappa shape index (κ3) is 5.66. The first-order valence-corrected chi connectivity index (χ1v) is 16.5. The number of halogens is 2. The fourth-order valence-electron chi connectivity index (χ4n) is 6.14. The molecule has 4 aromatic carbocycles. The largest absolute Gasteiger partial charge is 1.00 e. The quantitative estimate of drug-likeness (QED) is 0.297. The van der Waals surface area contributed by atoms with E-state index in [1.54, 1.807) is 7.69 Å². The van der Waals surface area contributed by atoms with E-state index < -0.39 is 17.4 Å². The number of benzene rings is 4. The van der Waals surface area contributed by atoms with Crippen molar-refractivity contribution < 1.29 is 42.2 Å². The fraction of sp³-hybridized carbons (Fsp3) is 0.216. The van der Waals surface area contributed by atoms with Gasteiger partial charge < -0.3 is 24.8 Å². The molecule has 0 saturated carbocycles. The van der Waals surface area contributed by atoms with Crippen molar-refractivity contribution in [2.24, 2.45) is 0 Å². The first kappa shape index (κ1) is 30.5. The van der Waals surface area contributed by atoms with Crippen molar-refractivity contribution in [3.8, 4) is 11.1 Å². The summed E-state index contributed by atoms with van der Waals surface area (Å²) in [7, 11) is 0. The molecular formula is C37H36Cl2Ti. The van der Waals surface area contributed by atoms with Gasteiger partial charge in [-0.1, -0.05) is 0 Å². The van der Waals surface area contributed by atoms with Crippen LogP contribution in [0.25, 0.3) is 11.1 Å². The molecule has 3 heteroatoms. The molecule has 202 valence electrons. The van der Waals surface area contributed by atoms with Crippen LogP contribution in [-0.2, 0) is 17.4 Å². The van der Waals surface area contributed by atoms with Crippen molar-refractivity contribution in [3.63, 3.8) is 0 Å². The van der Waals surface area contributed by atoms with Gasteiger partial charge in [-0.2, -0.15) is 0 Å². The van der Waals surface area contributed by atoms with Crippen LogP contribution in [-0.4, -0.2) is 3.81 Å². The Morgan fingerprint density at radius 1 is 0.650 bits per heavy atom. The maximum atomic E-state index is 2.50. The van der Waals surface area contributed by atoms with Crippen molar-refractivity contribution >= 4 is 3.81 Å². The smallest absolute Gasteiger partial charge is 1.00 e. The molecule has 0 fully saturated rings. The minimum Gasteiger partial charge on any atom is -1.00 e. The summed E-state index contributed by atoms with van der Waals surface area (Å²) in [5, 5.41) is 0. The average molecular weight is 599 g/mol. The first-order valence-electron chi connectivity index (χ1n) is 14.0. The molecule has 0 aromatic heterocycles. The zero-order valence-electron chi connectivity index (χ0n) is 23.7. The number of hydrogen-bond donors (Lipinski definition) is 0. The monoisotopic (exact) mass is 598 g/mol. The summed E-state index contributed by atoms with van der Waals surface area (Å²) >= 11 is -2.14. The van der Waals surface area contributed by atoms with E-state index in [1.165, 1.54) is 44.5 Å². The molecule has 0 saturated heterocycles. The molecule has 0 amide bonds. The molecule has 0 aliphatic heterocycles. The van der Waals surface area contributed by atoms with Crippen LogP contribution in [0.15, 0.2) is 119 Å². The van der Waals surface area contributed by atoms with E-state index in [-0.39, 0.29) is 24.8 Å². The molecule has 6 rings (SSSR count). The zero-order chi connectivity index (χ0) is 26.2. The van der Waals surface area contributed by atoms with Gasteiger partial charge in [0, 0.05) is 0 Å². The van der Waals surface area contributed by atoms with Gasteiger partial charge in [0.1, 0.15) is 0 Å². The Morgan fingerprint density at radius 3 is 1.52 bits per heavy atom. The Bertz CT molecular complexity index is 1480. The van der Waals surface area contributed by atoms with Crippen LogP contribution in [0.3, 0.4) is 0 Å². The van der Waals surface area contributed by atoms with Gasteiger partial charge in [0.15, 0.2) is 0 Å². The van der Waals surface area contributed by atoms with E-state index in [2.05, 4.69) is 143 Å². The maximum Gasteiger partial charge on any atom is -1.00 e. The summed E-state index contributed by atoms with van der Waals surface area (Å²) < 4.78 is 3.69. The normalized spacial score (nSPS) is 13.2. The molecule has 0 radical (unpaired) electrons. The van der Waals surface area contributed by atoms with Gasteiger partial charge in [-0.15, -0.1) is 0 Å². The van der Waals surface area contributed by atoms with E-state index in [0.29, 0.717) is 16.1 Å². The molecule has 4 aromatic rings. The third-order valence-electron chi connectivity index (χ3n) is 8.20. The Labute approximate surface area is 258 Å². The second kappa shape index (κ2) is 13.0. The molecule has 0 unspecified atom stereocenters. The second-order valence-corrected chi connectivity index (χ2v) is 15.3. The van der Waals surface area contributed by atoms with E-state index in [0.717, 1.165) is 6.42 Å². The van der Waals surface area contributed by atoms with Crippen molar-refractivity contribution in [1.82, 2.24) is 0 Å². The molecule has 2 aliphatic carbocycles. The number of rotatable bonds is 6. The standard InChI is InChI=1S/C19H21.C13H10.C5H5.2ClH.Ti/c1-12(2)14-5-7-16-9-17-8-6-15(13(3)4)11-19(17)18(16)10-14;1-3-7-12(8-4-1)11-13-9-5-2-6-10-13;1-2-4-5-3-1;;;/h5-13H,1-4H3;1-10H;1-3H,4H2;2*1H;/q;;;;;+2/p-2. The zero-order valence-corrected chi connectivity index (χ0v) is 26.7. The number of hydrogen-bond acceptors (Lipinski definition) is 0. The molecule has 0 bridgehead atoms. The summed E-state index contributed by atoms with van der Waals surface area (Å²) in [6, 6.07) is 37.2. The van der Waals surface area contributed by atoms with Crippen molar-refractivity contribution in [1.29, 1.82) is 0 Å². The molecule has 40 heavy (non-hydrogen) atoms. The van der Waals surface area contributed by atoms with Crippen LogP contribution in [0, 0.1) is 0 Å². The van der Waals surface area contributed by atoms with Crippen LogP contribution >= 0.6 is 0 Å².